The number of nitrogens with zero attached hydrogens (tertiary/aromatic N) is 2. The van der Waals surface area contributed by atoms with Crippen LogP contribution in [0.5, 0.6) is 11.5 Å². The molecule has 3 aromatic rings. The molecule has 0 saturated carbocycles. The van der Waals surface area contributed by atoms with Gasteiger partial charge in [0.05, 0.1) is 0 Å². The lowest BCUT2D eigenvalue weighted by atomic mass is 10.2. The fourth-order valence-electron chi connectivity index (χ4n) is 3.07. The zero-order valence-corrected chi connectivity index (χ0v) is 18.9. The second-order valence-electron chi connectivity index (χ2n) is 7.61. The SMILES string of the molecule is Cn1c(NCCNCC(O)COc2ccc(OCc3ccccc3)cc2)cc(=O)n(C)c1=O. The lowest BCUT2D eigenvalue weighted by molar-refractivity contribution is 0.107. The van der Waals surface area contributed by atoms with Crippen molar-refractivity contribution in [1.29, 1.82) is 0 Å². The predicted molar refractivity (Wildman–Crippen MR) is 127 cm³/mol. The molecule has 0 aliphatic carbocycles. The maximum Gasteiger partial charge on any atom is 0.332 e. The van der Waals surface area contributed by atoms with Crippen molar-refractivity contribution in [2.75, 3.05) is 31.6 Å². The number of aliphatic hydroxyl groups excluding tert-OH is 1. The number of hydrogen-bond acceptors (Lipinski definition) is 7. The Labute approximate surface area is 192 Å². The van der Waals surface area contributed by atoms with Gasteiger partial charge in [-0.15, -0.1) is 0 Å². The summed E-state index contributed by atoms with van der Waals surface area (Å²) in [5.74, 6) is 1.84. The van der Waals surface area contributed by atoms with Crippen LogP contribution in [0, 0.1) is 0 Å². The minimum Gasteiger partial charge on any atom is -0.491 e. The number of nitrogens with one attached hydrogen (secondary N) is 2. The molecule has 0 amide bonds. The number of hydrogen-bond donors (Lipinski definition) is 3. The van der Waals surface area contributed by atoms with E-state index < -0.39 is 6.10 Å². The van der Waals surface area contributed by atoms with Crippen molar-refractivity contribution in [3.05, 3.63) is 87.1 Å². The summed E-state index contributed by atoms with van der Waals surface area (Å²) in [4.78, 5) is 23.6. The summed E-state index contributed by atoms with van der Waals surface area (Å²) in [6.45, 7) is 2.01. The van der Waals surface area contributed by atoms with E-state index in [-0.39, 0.29) is 17.9 Å². The Balaban J connectivity index is 1.32. The molecule has 33 heavy (non-hydrogen) atoms. The van der Waals surface area contributed by atoms with E-state index in [4.69, 9.17) is 9.47 Å². The second-order valence-corrected chi connectivity index (χ2v) is 7.61. The maximum atomic E-state index is 11.9. The summed E-state index contributed by atoms with van der Waals surface area (Å²) < 4.78 is 13.8. The first-order valence-electron chi connectivity index (χ1n) is 10.7. The Hall–Kier alpha value is -3.56. The van der Waals surface area contributed by atoms with Crippen LogP contribution in [0.25, 0.3) is 0 Å². The van der Waals surface area contributed by atoms with Crippen LogP contribution in [0.1, 0.15) is 5.56 Å². The van der Waals surface area contributed by atoms with E-state index in [1.807, 2.05) is 42.5 Å². The molecular formula is C24H30N4O5. The molecule has 0 spiro atoms. The van der Waals surface area contributed by atoms with Gasteiger partial charge in [0, 0.05) is 39.8 Å². The summed E-state index contributed by atoms with van der Waals surface area (Å²) in [7, 11) is 3.04. The Bertz CT molecular complexity index is 1130. The number of anilines is 1. The first kappa shape index (κ1) is 24.1. The molecule has 0 fully saturated rings. The number of aromatic nitrogens is 2. The van der Waals surface area contributed by atoms with Crippen LogP contribution in [0.15, 0.2) is 70.3 Å². The molecule has 9 heteroatoms. The molecule has 1 atom stereocenters. The van der Waals surface area contributed by atoms with E-state index in [0.29, 0.717) is 37.8 Å². The van der Waals surface area contributed by atoms with E-state index in [9.17, 15) is 14.7 Å². The van der Waals surface area contributed by atoms with Gasteiger partial charge in [-0.25, -0.2) is 4.79 Å². The zero-order valence-electron chi connectivity index (χ0n) is 18.9. The van der Waals surface area contributed by atoms with Crippen LogP contribution in [0.4, 0.5) is 5.82 Å². The molecular weight excluding hydrogens is 424 g/mol. The third kappa shape index (κ3) is 7.23. The van der Waals surface area contributed by atoms with Crippen molar-refractivity contribution in [2.45, 2.75) is 12.7 Å². The normalized spacial score (nSPS) is 11.7. The molecule has 1 aromatic heterocycles. The molecule has 9 nitrogen and oxygen atoms in total. The van der Waals surface area contributed by atoms with Crippen LogP contribution in [-0.2, 0) is 20.7 Å². The number of ether oxygens (including phenoxy) is 2. The Kier molecular flexibility index (Phi) is 8.68. The van der Waals surface area contributed by atoms with Crippen molar-refractivity contribution in [1.82, 2.24) is 14.5 Å². The fraction of sp³-hybridized carbons (Fsp3) is 0.333. The maximum absolute atomic E-state index is 11.9. The largest absolute Gasteiger partial charge is 0.491 e. The molecule has 176 valence electrons. The summed E-state index contributed by atoms with van der Waals surface area (Å²) >= 11 is 0. The highest BCUT2D eigenvalue weighted by molar-refractivity contribution is 5.34. The topological polar surface area (TPSA) is 107 Å². The van der Waals surface area contributed by atoms with Crippen LogP contribution in [0.2, 0.25) is 0 Å². The van der Waals surface area contributed by atoms with Crippen LogP contribution in [0.3, 0.4) is 0 Å². The third-order valence-electron chi connectivity index (χ3n) is 5.03. The molecule has 1 unspecified atom stereocenters. The first-order chi connectivity index (χ1) is 15.9. The summed E-state index contributed by atoms with van der Waals surface area (Å²) in [6.07, 6.45) is -0.688. The highest BCUT2D eigenvalue weighted by Crippen LogP contribution is 2.18. The quantitative estimate of drug-likeness (QED) is 0.352. The van der Waals surface area contributed by atoms with Gasteiger partial charge in [0.1, 0.15) is 36.6 Å². The van der Waals surface area contributed by atoms with E-state index >= 15 is 0 Å². The second kappa shape index (κ2) is 11.9. The molecule has 0 radical (unpaired) electrons. The van der Waals surface area contributed by atoms with Crippen LogP contribution >= 0.6 is 0 Å². The monoisotopic (exact) mass is 454 g/mol. The third-order valence-corrected chi connectivity index (χ3v) is 5.03. The molecule has 1 heterocycles. The number of rotatable bonds is 12. The average molecular weight is 455 g/mol. The van der Waals surface area contributed by atoms with E-state index in [1.165, 1.54) is 17.7 Å². The highest BCUT2D eigenvalue weighted by atomic mass is 16.5. The van der Waals surface area contributed by atoms with Gasteiger partial charge < -0.3 is 25.2 Å². The molecule has 0 bridgehead atoms. The summed E-state index contributed by atoms with van der Waals surface area (Å²) in [5, 5.41) is 16.3. The zero-order chi connectivity index (χ0) is 23.6. The summed E-state index contributed by atoms with van der Waals surface area (Å²) in [5.41, 5.74) is 0.346. The number of benzene rings is 2. The highest BCUT2D eigenvalue weighted by Gasteiger charge is 2.07. The Morgan fingerprint density at radius 1 is 0.909 bits per heavy atom. The molecule has 0 aliphatic heterocycles. The van der Waals surface area contributed by atoms with Crippen LogP contribution < -0.4 is 31.4 Å². The van der Waals surface area contributed by atoms with Gasteiger partial charge in [0.15, 0.2) is 0 Å². The summed E-state index contributed by atoms with van der Waals surface area (Å²) in [6, 6.07) is 18.6. The van der Waals surface area contributed by atoms with Crippen molar-refractivity contribution in [3.63, 3.8) is 0 Å². The van der Waals surface area contributed by atoms with Gasteiger partial charge >= 0.3 is 5.69 Å². The smallest absolute Gasteiger partial charge is 0.332 e. The molecule has 3 N–H and O–H groups in total. The van der Waals surface area contributed by atoms with Gasteiger partial charge in [-0.05, 0) is 29.8 Å². The van der Waals surface area contributed by atoms with Gasteiger partial charge in [0.2, 0.25) is 0 Å². The van der Waals surface area contributed by atoms with Crippen molar-refractivity contribution < 1.29 is 14.6 Å². The standard InChI is InChI=1S/C24H30N4O5/c1-27-22(14-23(30)28(2)24(27)31)26-13-12-25-15-19(29)17-33-21-10-8-20(9-11-21)32-16-18-6-4-3-5-7-18/h3-11,14,19,25-26,29H,12-13,15-17H2,1-2H3. The molecule has 0 aliphatic rings. The van der Waals surface area contributed by atoms with Crippen molar-refractivity contribution >= 4 is 5.82 Å². The Morgan fingerprint density at radius 2 is 1.58 bits per heavy atom. The van der Waals surface area contributed by atoms with Gasteiger partial charge in [-0.1, -0.05) is 30.3 Å². The predicted octanol–water partition coefficient (Wildman–Crippen LogP) is 1.10. The van der Waals surface area contributed by atoms with Gasteiger partial charge in [-0.3, -0.25) is 13.9 Å². The minimum absolute atomic E-state index is 0.147. The van der Waals surface area contributed by atoms with E-state index in [0.717, 1.165) is 15.9 Å². The number of aliphatic hydroxyl groups is 1. The van der Waals surface area contributed by atoms with Gasteiger partial charge in [-0.2, -0.15) is 0 Å². The molecule has 0 saturated heterocycles. The van der Waals surface area contributed by atoms with E-state index in [1.54, 1.807) is 19.2 Å². The van der Waals surface area contributed by atoms with Crippen molar-refractivity contribution in [3.8, 4) is 11.5 Å². The first-order valence-corrected chi connectivity index (χ1v) is 10.7. The lowest BCUT2D eigenvalue weighted by Crippen LogP contribution is -2.38. The van der Waals surface area contributed by atoms with Crippen LogP contribution in [-0.4, -0.2) is 46.6 Å². The fourth-order valence-corrected chi connectivity index (χ4v) is 3.07. The molecule has 3 rings (SSSR count). The Morgan fingerprint density at radius 3 is 2.27 bits per heavy atom. The minimum atomic E-state index is -0.688. The van der Waals surface area contributed by atoms with E-state index in [2.05, 4.69) is 10.6 Å². The average Bonchev–Trinajstić information content (AvgIpc) is 2.84. The van der Waals surface area contributed by atoms with Crippen molar-refractivity contribution in [2.24, 2.45) is 14.1 Å². The lowest BCUT2D eigenvalue weighted by Gasteiger charge is -2.15. The van der Waals surface area contributed by atoms with Gasteiger partial charge in [0.25, 0.3) is 5.56 Å². The molecule has 2 aromatic carbocycles.